The summed E-state index contributed by atoms with van der Waals surface area (Å²) in [6.07, 6.45) is 1.45. The third-order valence-corrected chi connectivity index (χ3v) is 3.04. The Morgan fingerprint density at radius 3 is 2.18 bits per heavy atom. The van der Waals surface area contributed by atoms with Crippen LogP contribution in [0.3, 0.4) is 0 Å². The standard InChI is InChI=1S/C13H23NO3/c1-5-17-11(15)10-6-8-14(9-7-10)12(16)13(2,3)4/h10H,5-9H2,1-4H3. The lowest BCUT2D eigenvalue weighted by Gasteiger charge is -2.34. The first-order valence-corrected chi connectivity index (χ1v) is 6.32. The van der Waals surface area contributed by atoms with Gasteiger partial charge in [0.15, 0.2) is 0 Å². The van der Waals surface area contributed by atoms with Gasteiger partial charge in [-0.2, -0.15) is 0 Å². The van der Waals surface area contributed by atoms with Gasteiger partial charge < -0.3 is 9.64 Å². The van der Waals surface area contributed by atoms with Crippen LogP contribution in [0.4, 0.5) is 0 Å². The Hall–Kier alpha value is -1.06. The minimum atomic E-state index is -0.337. The van der Waals surface area contributed by atoms with Crippen molar-refractivity contribution in [1.82, 2.24) is 4.90 Å². The summed E-state index contributed by atoms with van der Waals surface area (Å²) in [7, 11) is 0. The summed E-state index contributed by atoms with van der Waals surface area (Å²) < 4.78 is 5.00. The molecule has 98 valence electrons. The summed E-state index contributed by atoms with van der Waals surface area (Å²) >= 11 is 0. The fourth-order valence-corrected chi connectivity index (χ4v) is 2.05. The zero-order valence-electron chi connectivity index (χ0n) is 11.3. The monoisotopic (exact) mass is 241 g/mol. The van der Waals surface area contributed by atoms with Crippen LogP contribution in [0.5, 0.6) is 0 Å². The lowest BCUT2D eigenvalue weighted by atomic mass is 9.91. The Morgan fingerprint density at radius 1 is 1.24 bits per heavy atom. The van der Waals surface area contributed by atoms with E-state index in [2.05, 4.69) is 0 Å². The number of rotatable bonds is 2. The molecule has 0 atom stereocenters. The molecule has 1 rings (SSSR count). The van der Waals surface area contributed by atoms with E-state index in [4.69, 9.17) is 4.74 Å². The van der Waals surface area contributed by atoms with Gasteiger partial charge in [0.1, 0.15) is 0 Å². The molecule has 0 aromatic rings. The van der Waals surface area contributed by atoms with E-state index < -0.39 is 0 Å². The molecule has 4 nitrogen and oxygen atoms in total. The molecule has 0 radical (unpaired) electrons. The van der Waals surface area contributed by atoms with Gasteiger partial charge in [0, 0.05) is 18.5 Å². The third-order valence-electron chi connectivity index (χ3n) is 3.04. The maximum absolute atomic E-state index is 12.0. The number of likely N-dealkylation sites (tertiary alicyclic amines) is 1. The van der Waals surface area contributed by atoms with E-state index in [0.29, 0.717) is 19.7 Å². The Bertz CT molecular complexity index is 286. The Kier molecular flexibility index (Phi) is 4.54. The molecular formula is C13H23NO3. The number of amides is 1. The first-order valence-electron chi connectivity index (χ1n) is 6.32. The lowest BCUT2D eigenvalue weighted by Crippen LogP contribution is -2.45. The highest BCUT2D eigenvalue weighted by atomic mass is 16.5. The molecule has 1 aliphatic heterocycles. The van der Waals surface area contributed by atoms with Crippen molar-refractivity contribution >= 4 is 11.9 Å². The summed E-state index contributed by atoms with van der Waals surface area (Å²) in [4.78, 5) is 25.4. The molecule has 0 unspecified atom stereocenters. The van der Waals surface area contributed by atoms with Crippen molar-refractivity contribution in [2.45, 2.75) is 40.5 Å². The smallest absolute Gasteiger partial charge is 0.309 e. The van der Waals surface area contributed by atoms with Crippen molar-refractivity contribution in [1.29, 1.82) is 0 Å². The van der Waals surface area contributed by atoms with Crippen LogP contribution < -0.4 is 0 Å². The van der Waals surface area contributed by atoms with Gasteiger partial charge in [0.05, 0.1) is 12.5 Å². The Labute approximate surface area is 103 Å². The van der Waals surface area contributed by atoms with Gasteiger partial charge >= 0.3 is 5.97 Å². The van der Waals surface area contributed by atoms with Crippen molar-refractivity contribution < 1.29 is 14.3 Å². The second-order valence-electron chi connectivity index (χ2n) is 5.57. The third kappa shape index (κ3) is 3.72. The number of carbonyl (C=O) groups is 2. The number of carbonyl (C=O) groups excluding carboxylic acids is 2. The van der Waals surface area contributed by atoms with Crippen molar-refractivity contribution in [3.63, 3.8) is 0 Å². The molecule has 1 amide bonds. The van der Waals surface area contributed by atoms with Gasteiger partial charge in [0.25, 0.3) is 0 Å². The molecule has 0 N–H and O–H groups in total. The molecular weight excluding hydrogens is 218 g/mol. The van der Waals surface area contributed by atoms with Gasteiger partial charge in [-0.05, 0) is 19.8 Å². The number of ether oxygens (including phenoxy) is 1. The molecule has 0 saturated carbocycles. The highest BCUT2D eigenvalue weighted by Crippen LogP contribution is 2.24. The van der Waals surface area contributed by atoms with Crippen LogP contribution in [0.25, 0.3) is 0 Å². The SMILES string of the molecule is CCOC(=O)C1CCN(C(=O)C(C)(C)C)CC1. The van der Waals surface area contributed by atoms with E-state index in [9.17, 15) is 9.59 Å². The maximum Gasteiger partial charge on any atom is 0.309 e. The van der Waals surface area contributed by atoms with Gasteiger partial charge in [-0.1, -0.05) is 20.8 Å². The quantitative estimate of drug-likeness (QED) is 0.693. The number of nitrogens with zero attached hydrogens (tertiary/aromatic N) is 1. The number of hydrogen-bond acceptors (Lipinski definition) is 3. The number of esters is 1. The Balaban J connectivity index is 2.46. The van der Waals surface area contributed by atoms with Crippen molar-refractivity contribution in [2.75, 3.05) is 19.7 Å². The molecule has 0 bridgehead atoms. The van der Waals surface area contributed by atoms with E-state index in [-0.39, 0.29) is 23.2 Å². The van der Waals surface area contributed by atoms with Crippen LogP contribution >= 0.6 is 0 Å². The van der Waals surface area contributed by atoms with E-state index >= 15 is 0 Å². The fraction of sp³-hybridized carbons (Fsp3) is 0.846. The minimum absolute atomic E-state index is 0.0287. The van der Waals surface area contributed by atoms with Crippen molar-refractivity contribution in [3.8, 4) is 0 Å². The molecule has 1 aliphatic rings. The highest BCUT2D eigenvalue weighted by molar-refractivity contribution is 5.82. The molecule has 4 heteroatoms. The topological polar surface area (TPSA) is 46.6 Å². The average Bonchev–Trinajstić information content (AvgIpc) is 2.27. The maximum atomic E-state index is 12.0. The van der Waals surface area contributed by atoms with Crippen LogP contribution in [0.2, 0.25) is 0 Å². The van der Waals surface area contributed by atoms with E-state index in [1.165, 1.54) is 0 Å². The van der Waals surface area contributed by atoms with Gasteiger partial charge in [-0.25, -0.2) is 0 Å². The summed E-state index contributed by atoms with van der Waals surface area (Å²) in [5.74, 6) is 0.0223. The second-order valence-corrected chi connectivity index (χ2v) is 5.57. The predicted molar refractivity (Wildman–Crippen MR) is 65.4 cm³/mol. The molecule has 0 aliphatic carbocycles. The van der Waals surface area contributed by atoms with Crippen LogP contribution in [-0.4, -0.2) is 36.5 Å². The molecule has 1 fully saturated rings. The minimum Gasteiger partial charge on any atom is -0.466 e. The number of piperidine rings is 1. The largest absolute Gasteiger partial charge is 0.466 e. The van der Waals surface area contributed by atoms with Crippen LogP contribution in [0.1, 0.15) is 40.5 Å². The van der Waals surface area contributed by atoms with Crippen molar-refractivity contribution in [2.24, 2.45) is 11.3 Å². The zero-order valence-corrected chi connectivity index (χ0v) is 11.3. The molecule has 1 saturated heterocycles. The summed E-state index contributed by atoms with van der Waals surface area (Å²) in [6, 6.07) is 0. The van der Waals surface area contributed by atoms with Gasteiger partial charge in [0.2, 0.25) is 5.91 Å². The molecule has 17 heavy (non-hydrogen) atoms. The van der Waals surface area contributed by atoms with Gasteiger partial charge in [-0.3, -0.25) is 9.59 Å². The predicted octanol–water partition coefficient (Wildman–Crippen LogP) is 1.83. The first-order chi connectivity index (χ1) is 7.86. The number of hydrogen-bond donors (Lipinski definition) is 0. The highest BCUT2D eigenvalue weighted by Gasteiger charge is 2.32. The first kappa shape index (κ1) is 14.0. The summed E-state index contributed by atoms with van der Waals surface area (Å²) in [5.41, 5.74) is -0.337. The second kappa shape index (κ2) is 5.52. The van der Waals surface area contributed by atoms with Crippen molar-refractivity contribution in [3.05, 3.63) is 0 Å². The Morgan fingerprint density at radius 2 is 1.76 bits per heavy atom. The molecule has 0 aromatic carbocycles. The fourth-order valence-electron chi connectivity index (χ4n) is 2.05. The average molecular weight is 241 g/mol. The normalized spacial score (nSPS) is 18.0. The van der Waals surface area contributed by atoms with Crippen LogP contribution in [0.15, 0.2) is 0 Å². The molecule has 0 aromatic heterocycles. The van der Waals surface area contributed by atoms with E-state index in [1.54, 1.807) is 0 Å². The molecule has 0 spiro atoms. The zero-order chi connectivity index (χ0) is 13.1. The lowest BCUT2D eigenvalue weighted by molar-refractivity contribution is -0.152. The van der Waals surface area contributed by atoms with E-state index in [0.717, 1.165) is 12.8 Å². The van der Waals surface area contributed by atoms with Crippen LogP contribution in [0, 0.1) is 11.3 Å². The van der Waals surface area contributed by atoms with Crippen LogP contribution in [-0.2, 0) is 14.3 Å². The summed E-state index contributed by atoms with van der Waals surface area (Å²) in [5, 5.41) is 0. The van der Waals surface area contributed by atoms with E-state index in [1.807, 2.05) is 32.6 Å². The van der Waals surface area contributed by atoms with Gasteiger partial charge in [-0.15, -0.1) is 0 Å². The summed E-state index contributed by atoms with van der Waals surface area (Å²) in [6.45, 7) is 9.35. The molecule has 1 heterocycles.